The van der Waals surface area contributed by atoms with Crippen molar-refractivity contribution in [1.29, 1.82) is 0 Å². The van der Waals surface area contributed by atoms with Gasteiger partial charge in [-0.2, -0.15) is 35.7 Å². The quantitative estimate of drug-likeness (QED) is 0.0551. The molecule has 20 rings (SSSR count). The van der Waals surface area contributed by atoms with Crippen molar-refractivity contribution in [2.75, 3.05) is 145 Å². The number of nitrogens with zero attached hydrogens (tertiary/aromatic N) is 21. The first-order valence-corrected chi connectivity index (χ1v) is 41.7. The van der Waals surface area contributed by atoms with Crippen LogP contribution in [-0.2, 0) is 12.6 Å². The first-order valence-electron chi connectivity index (χ1n) is 41.7. The fourth-order valence-corrected chi connectivity index (χ4v) is 17.3. The summed E-state index contributed by atoms with van der Waals surface area (Å²) in [5.74, 6) is 1.77. The number of urea groups is 4. The second-order valence-corrected chi connectivity index (χ2v) is 31.9. The molecule has 9 aliphatic rings. The van der Waals surface area contributed by atoms with E-state index in [9.17, 15) is 55.0 Å². The Morgan fingerprint density at radius 1 is 0.469 bits per heavy atom. The van der Waals surface area contributed by atoms with E-state index in [1.165, 1.54) is 48.0 Å². The molecule has 5 saturated heterocycles. The van der Waals surface area contributed by atoms with E-state index in [1.807, 2.05) is 96.6 Å². The molecule has 6 N–H and O–H groups in total. The van der Waals surface area contributed by atoms with Crippen LogP contribution in [0.4, 0.5) is 119 Å². The van der Waals surface area contributed by atoms with Gasteiger partial charge in [-0.25, -0.2) is 49.1 Å². The van der Waals surface area contributed by atoms with E-state index in [1.54, 1.807) is 52.7 Å². The number of hydrogen-bond donors (Lipinski definition) is 6. The molecule has 0 unspecified atom stereocenters. The van der Waals surface area contributed by atoms with E-state index in [4.69, 9.17) is 24.8 Å². The average Bonchev–Trinajstić information content (AvgIpc) is 1.31. The minimum atomic E-state index is -4.48. The molecule has 9 aliphatic heterocycles. The summed E-state index contributed by atoms with van der Waals surface area (Å²) in [7, 11) is 0. The molecule has 5 atom stereocenters. The number of aromatic nitrogens is 12. The predicted molar refractivity (Wildman–Crippen MR) is 469 cm³/mol. The number of fused-ring (bicyclic) bond motifs is 16. The maximum absolute atomic E-state index is 13.4. The van der Waals surface area contributed by atoms with Crippen LogP contribution < -0.4 is 70.1 Å². The van der Waals surface area contributed by atoms with Gasteiger partial charge in [0.2, 0.25) is 5.95 Å². The number of aliphatic hydroxyl groups is 2. The van der Waals surface area contributed by atoms with E-state index < -0.39 is 54.6 Å². The standard InChI is InChI=1S/C25H24F3N5O4.C23H24N6O.C20H22F3N7O.C20H18FN7O.ClH/c26-25(27,28)16-3-1-2-15(10-16)20-4-5-21-23(30-20)33(17-7-9-32(21)12-17)24(36)31-22-11-19(6-8-29-22)37-14-18(35)13-34;1-16-13-18(7-11-25-16)20-4-5-21-22(27-20)29(19-8-12-28(21)15-19)23(30)26-10-6-17-3-2-9-24-14-17;21-20(22,23)13-3-8-28(9-4-13)17-2-1-15-18(27-17)30(14-5-10-29(15)12-14)19(31)26-16-11-24-6-7-25-16;1-12-8-13(4-6-23-12)15-2-3-16-19(24-15)28(14-5-7-27(16)11-14)20(29)26-18-10-22-9-17(21)25-18;/h1-6,8,10-11,17-18,34-35H,7,9,12-14H2,(H,29,31,36);2-5,7,9,11,13-14,19H,6,8,10,12,15H2,1H3,(H,26,30);1-2,6-7,11,13-14H,3-5,8-10,12H2,(H,25,26,31);2-4,6,8-10,14H,5,7,11H2,1H3,(H,25,26,29);1H/t17-,18+;19-;2*14-;/m0000./s1. The molecule has 1 aromatic carbocycles. The molecule has 19 heterocycles. The summed E-state index contributed by atoms with van der Waals surface area (Å²) in [4.78, 5) is 122. The number of alkyl halides is 6. The molecule has 0 aliphatic carbocycles. The molecule has 5 fully saturated rings. The van der Waals surface area contributed by atoms with Crippen molar-refractivity contribution in [1.82, 2.24) is 65.1 Å². The lowest BCUT2D eigenvalue weighted by atomic mass is 9.96. The normalized spacial score (nSPS) is 18.1. The number of nitrogens with one attached hydrogen (secondary N) is 4. The zero-order chi connectivity index (χ0) is 88.2. The van der Waals surface area contributed by atoms with Crippen molar-refractivity contribution < 1.29 is 64.9 Å². The third-order valence-corrected chi connectivity index (χ3v) is 23.5. The van der Waals surface area contributed by atoms with Gasteiger partial charge < -0.3 is 44.8 Å². The van der Waals surface area contributed by atoms with Crippen LogP contribution in [0.3, 0.4) is 0 Å². The summed E-state index contributed by atoms with van der Waals surface area (Å²) in [6.07, 6.45) is 9.84. The lowest BCUT2D eigenvalue weighted by molar-refractivity contribution is -0.179. The minimum Gasteiger partial charge on any atom is -0.491 e. The minimum absolute atomic E-state index is 0. The molecule has 11 aromatic rings. The monoisotopic (exact) mass is 1780 g/mol. The number of piperidine rings is 1. The number of halogens is 8. The molecule has 664 valence electrons. The van der Waals surface area contributed by atoms with Gasteiger partial charge >= 0.3 is 36.5 Å². The number of rotatable bonds is 14. The zero-order valence-corrected chi connectivity index (χ0v) is 70.1. The Morgan fingerprint density at radius 3 is 1.44 bits per heavy atom. The molecular weight excluding hydrogens is 1690 g/mol. The van der Waals surface area contributed by atoms with Crippen LogP contribution in [0.5, 0.6) is 5.75 Å². The zero-order valence-electron chi connectivity index (χ0n) is 69.3. The molecular formula is C88H89ClF7N25O7. The topological polar surface area (TPSA) is 350 Å². The number of aliphatic hydroxyl groups excluding tert-OH is 2. The second kappa shape index (κ2) is 37.8. The van der Waals surface area contributed by atoms with Gasteiger partial charge in [-0.1, -0.05) is 18.2 Å². The van der Waals surface area contributed by atoms with Gasteiger partial charge in [-0.05, 0) is 161 Å². The smallest absolute Gasteiger partial charge is 0.416 e. The van der Waals surface area contributed by atoms with Crippen molar-refractivity contribution in [3.05, 3.63) is 212 Å². The molecule has 32 nitrogen and oxygen atoms in total. The van der Waals surface area contributed by atoms with Crippen molar-refractivity contribution >= 4 is 106 Å². The summed E-state index contributed by atoms with van der Waals surface area (Å²) in [6, 6.07) is 33.6. The van der Waals surface area contributed by atoms with Crippen LogP contribution in [-0.4, -0.2) is 216 Å². The maximum Gasteiger partial charge on any atom is 0.416 e. The Kier molecular flexibility index (Phi) is 25.9. The summed E-state index contributed by atoms with van der Waals surface area (Å²) < 4.78 is 97.5. The fourth-order valence-electron chi connectivity index (χ4n) is 17.3. The van der Waals surface area contributed by atoms with Gasteiger partial charge in [0.05, 0.1) is 101 Å². The molecule has 8 amide bonds. The SMILES string of the molecule is Cc1cc(-c2ccc3c(n2)N(C(=O)NCCc2cccnc2)[C@H]2CCN3C2)ccn1.Cc1cc(-c2ccc3c(n2)N(C(=O)Nc2cncc(F)n2)[C@H]2CCN3C2)ccn1.Cl.O=C(Nc1cc(OC[C@H](O)CO)ccn1)N1c2nc(-c3cccc(C(F)(F)F)c3)ccc2N2CC[C@H]1C2.O=C(Nc1cnccn1)N1c2nc(N3CCC(C(F)(F)F)CC3)ccc2N2CC[C@H]1C2. The van der Waals surface area contributed by atoms with E-state index in [-0.39, 0.29) is 92.8 Å². The first kappa shape index (κ1) is 87.6. The van der Waals surface area contributed by atoms with Crippen LogP contribution >= 0.6 is 12.4 Å². The number of carbonyl (C=O) groups excluding carboxylic acids is 4. The molecule has 128 heavy (non-hydrogen) atoms. The van der Waals surface area contributed by atoms with Crippen molar-refractivity contribution in [2.45, 2.75) is 101 Å². The number of amides is 8. The van der Waals surface area contributed by atoms with Crippen LogP contribution in [0.15, 0.2) is 183 Å². The Hall–Kier alpha value is -13.8. The van der Waals surface area contributed by atoms with Gasteiger partial charge in [-0.15, -0.1) is 12.4 Å². The van der Waals surface area contributed by atoms with Gasteiger partial charge in [0.25, 0.3) is 0 Å². The third-order valence-electron chi connectivity index (χ3n) is 23.5. The van der Waals surface area contributed by atoms with Crippen LogP contribution in [0.1, 0.15) is 61.0 Å². The Labute approximate surface area is 736 Å². The largest absolute Gasteiger partial charge is 0.491 e. The predicted octanol–water partition coefficient (Wildman–Crippen LogP) is 13.4. The van der Waals surface area contributed by atoms with Crippen molar-refractivity contribution in [3.8, 4) is 39.5 Å². The van der Waals surface area contributed by atoms with Gasteiger partial charge in [0.15, 0.2) is 34.9 Å². The third kappa shape index (κ3) is 19.4. The highest BCUT2D eigenvalue weighted by atomic mass is 35.5. The van der Waals surface area contributed by atoms with Gasteiger partial charge in [0, 0.05) is 150 Å². The van der Waals surface area contributed by atoms with E-state index in [2.05, 4.69) is 91.8 Å². The lowest BCUT2D eigenvalue weighted by Gasteiger charge is -2.38. The first-order chi connectivity index (χ1) is 61.4. The summed E-state index contributed by atoms with van der Waals surface area (Å²) in [6.45, 7) is 10.7. The highest BCUT2D eigenvalue weighted by Gasteiger charge is 2.47. The fraction of sp³-hybridized carbons (Fsp3) is 0.341. The molecule has 0 radical (unpaired) electrons. The van der Waals surface area contributed by atoms with Crippen LogP contribution in [0, 0.1) is 25.7 Å². The molecule has 40 heteroatoms. The highest BCUT2D eigenvalue weighted by Crippen LogP contribution is 2.47. The summed E-state index contributed by atoms with van der Waals surface area (Å²) in [5, 5.41) is 29.7. The molecule has 8 bridgehead atoms. The second-order valence-electron chi connectivity index (χ2n) is 31.9. The molecule has 10 aromatic heterocycles. The van der Waals surface area contributed by atoms with E-state index in [0.29, 0.717) is 65.6 Å². The Bertz CT molecular complexity index is 5860. The Morgan fingerprint density at radius 2 is 0.945 bits per heavy atom. The highest BCUT2D eigenvalue weighted by molar-refractivity contribution is 6.07. The van der Waals surface area contributed by atoms with Crippen molar-refractivity contribution in [2.24, 2.45) is 5.92 Å². The van der Waals surface area contributed by atoms with E-state index in [0.717, 1.165) is 158 Å². The van der Waals surface area contributed by atoms with Crippen LogP contribution in [0.25, 0.3) is 33.8 Å². The molecule has 0 saturated carbocycles. The number of benzene rings is 1. The molecule has 0 spiro atoms. The maximum atomic E-state index is 13.4. The Balaban J connectivity index is 0.000000125. The van der Waals surface area contributed by atoms with Gasteiger partial charge in [-0.3, -0.25) is 60.5 Å². The average molecular weight is 1780 g/mol. The lowest BCUT2D eigenvalue weighted by Crippen LogP contribution is -2.51. The number of hydrogen-bond acceptors (Lipinski definition) is 24. The van der Waals surface area contributed by atoms with Gasteiger partial charge in [0.1, 0.15) is 30.1 Å². The number of aryl methyl sites for hydroxylation is 2. The number of carbonyl (C=O) groups is 4. The summed E-state index contributed by atoms with van der Waals surface area (Å²) in [5.41, 5.74) is 9.87. The summed E-state index contributed by atoms with van der Waals surface area (Å²) >= 11 is 0. The van der Waals surface area contributed by atoms with Crippen molar-refractivity contribution in [3.63, 3.8) is 0 Å². The van der Waals surface area contributed by atoms with Crippen LogP contribution in [0.2, 0.25) is 0 Å². The van der Waals surface area contributed by atoms with E-state index >= 15 is 0 Å². The number of ether oxygens (including phenoxy) is 1. The number of pyridine rings is 8. The number of anilines is 12.